The Morgan fingerprint density at radius 3 is 2.19 bits per heavy atom. The number of likely N-dealkylation sites (tertiary alicyclic amines) is 1. The van der Waals surface area contributed by atoms with E-state index in [-0.39, 0.29) is 11.8 Å². The first-order chi connectivity index (χ1) is 13.1. The molecule has 0 atom stereocenters. The summed E-state index contributed by atoms with van der Waals surface area (Å²) in [6.45, 7) is 1.65. The Balaban J connectivity index is 1.65. The van der Waals surface area contributed by atoms with Gasteiger partial charge in [-0.25, -0.2) is 0 Å². The zero-order chi connectivity index (χ0) is 19.2. The van der Waals surface area contributed by atoms with Crippen molar-refractivity contribution in [3.63, 3.8) is 0 Å². The molecule has 1 fully saturated rings. The lowest BCUT2D eigenvalue weighted by Gasteiger charge is -2.20. The summed E-state index contributed by atoms with van der Waals surface area (Å²) < 4.78 is 6.09. The van der Waals surface area contributed by atoms with Crippen molar-refractivity contribution >= 4 is 40.1 Å². The van der Waals surface area contributed by atoms with Gasteiger partial charge in [-0.05, 0) is 77.9 Å². The molecule has 0 unspecified atom stereocenters. The van der Waals surface area contributed by atoms with E-state index in [1.807, 2.05) is 4.90 Å². The molecule has 1 N–H and O–H groups in total. The topological polar surface area (TPSA) is 58.6 Å². The highest BCUT2D eigenvalue weighted by Gasteiger charge is 2.17. The van der Waals surface area contributed by atoms with Crippen LogP contribution in [0, 0.1) is 3.57 Å². The number of methoxy groups -OCH3 is 1. The van der Waals surface area contributed by atoms with Crippen LogP contribution in [0.1, 0.15) is 46.4 Å². The van der Waals surface area contributed by atoms with Crippen LogP contribution in [0.3, 0.4) is 0 Å². The number of nitrogens with one attached hydrogen (secondary N) is 1. The molecule has 0 aromatic heterocycles. The van der Waals surface area contributed by atoms with Gasteiger partial charge in [0.15, 0.2) is 0 Å². The molecule has 1 heterocycles. The summed E-state index contributed by atoms with van der Waals surface area (Å²) in [5.74, 6) is 0.616. The van der Waals surface area contributed by atoms with E-state index >= 15 is 0 Å². The molecule has 6 heteroatoms. The lowest BCUT2D eigenvalue weighted by Crippen LogP contribution is -2.31. The molecule has 1 aliphatic heterocycles. The van der Waals surface area contributed by atoms with Crippen molar-refractivity contribution in [3.8, 4) is 5.75 Å². The minimum absolute atomic E-state index is 0.0690. The third kappa shape index (κ3) is 5.00. The molecule has 27 heavy (non-hydrogen) atoms. The molecular formula is C21H23IN2O3. The number of carbonyl (C=O) groups excluding carboxylic acids is 2. The summed E-state index contributed by atoms with van der Waals surface area (Å²) in [5, 5.41) is 2.87. The van der Waals surface area contributed by atoms with Gasteiger partial charge < -0.3 is 15.0 Å². The first-order valence-electron chi connectivity index (χ1n) is 9.13. The molecule has 2 aromatic carbocycles. The number of ether oxygens (including phenoxy) is 1. The summed E-state index contributed by atoms with van der Waals surface area (Å²) in [4.78, 5) is 27.0. The van der Waals surface area contributed by atoms with Gasteiger partial charge in [0.25, 0.3) is 11.8 Å². The Kier molecular flexibility index (Phi) is 6.71. The number of rotatable bonds is 4. The minimum atomic E-state index is -0.192. The summed E-state index contributed by atoms with van der Waals surface area (Å²) >= 11 is 2.14. The third-order valence-corrected chi connectivity index (χ3v) is 5.54. The van der Waals surface area contributed by atoms with Gasteiger partial charge >= 0.3 is 0 Å². The molecule has 5 nitrogen and oxygen atoms in total. The van der Waals surface area contributed by atoms with Crippen molar-refractivity contribution in [3.05, 3.63) is 57.2 Å². The van der Waals surface area contributed by atoms with Crippen LogP contribution in [0.2, 0.25) is 0 Å². The molecule has 0 saturated carbocycles. The quantitative estimate of drug-likeness (QED) is 0.656. The average Bonchev–Trinajstić information content (AvgIpc) is 2.97. The number of hydrogen-bond donors (Lipinski definition) is 1. The first-order valence-corrected chi connectivity index (χ1v) is 10.2. The van der Waals surface area contributed by atoms with Gasteiger partial charge in [0.1, 0.15) is 5.75 Å². The third-order valence-electron chi connectivity index (χ3n) is 4.70. The van der Waals surface area contributed by atoms with Crippen molar-refractivity contribution in [1.29, 1.82) is 0 Å². The highest BCUT2D eigenvalue weighted by Crippen LogP contribution is 2.22. The van der Waals surface area contributed by atoms with E-state index in [9.17, 15) is 9.59 Å². The smallest absolute Gasteiger partial charge is 0.255 e. The number of amides is 2. The summed E-state index contributed by atoms with van der Waals surface area (Å²) in [6.07, 6.45) is 4.53. The molecule has 0 radical (unpaired) electrons. The van der Waals surface area contributed by atoms with Gasteiger partial charge in [0.05, 0.1) is 10.7 Å². The first kappa shape index (κ1) is 19.7. The van der Waals surface area contributed by atoms with Crippen molar-refractivity contribution in [2.75, 3.05) is 25.5 Å². The number of benzene rings is 2. The molecular weight excluding hydrogens is 455 g/mol. The number of halogens is 1. The standard InChI is InChI=1S/C21H23IN2O3/c1-27-19-11-8-16(14-18(19)22)20(25)23-17-9-6-15(7-10-17)21(26)24-12-4-2-3-5-13-24/h6-11,14H,2-5,12-13H2,1H3,(H,23,25). The lowest BCUT2D eigenvalue weighted by molar-refractivity contribution is 0.0761. The van der Waals surface area contributed by atoms with Gasteiger partial charge in [-0.15, -0.1) is 0 Å². The van der Waals surface area contributed by atoms with E-state index in [0.717, 1.165) is 35.3 Å². The molecule has 1 aliphatic rings. The number of anilines is 1. The van der Waals surface area contributed by atoms with E-state index in [0.29, 0.717) is 16.8 Å². The van der Waals surface area contributed by atoms with E-state index in [1.165, 1.54) is 12.8 Å². The SMILES string of the molecule is COc1ccc(C(=O)Nc2ccc(C(=O)N3CCCCCC3)cc2)cc1I. The Labute approximate surface area is 173 Å². The van der Waals surface area contributed by atoms with E-state index in [2.05, 4.69) is 27.9 Å². The Hall–Kier alpha value is -2.09. The Morgan fingerprint density at radius 1 is 0.963 bits per heavy atom. The molecule has 2 amide bonds. The maximum absolute atomic E-state index is 12.6. The van der Waals surface area contributed by atoms with Crippen LogP contribution in [0.15, 0.2) is 42.5 Å². The van der Waals surface area contributed by atoms with Crippen LogP contribution in [0.4, 0.5) is 5.69 Å². The van der Waals surface area contributed by atoms with Crippen LogP contribution < -0.4 is 10.1 Å². The van der Waals surface area contributed by atoms with Crippen molar-refractivity contribution < 1.29 is 14.3 Å². The Morgan fingerprint density at radius 2 is 1.59 bits per heavy atom. The van der Waals surface area contributed by atoms with Crippen molar-refractivity contribution in [2.24, 2.45) is 0 Å². The second kappa shape index (κ2) is 9.21. The van der Waals surface area contributed by atoms with Gasteiger partial charge in [0.2, 0.25) is 0 Å². The van der Waals surface area contributed by atoms with Gasteiger partial charge in [-0.3, -0.25) is 9.59 Å². The second-order valence-corrected chi connectivity index (χ2v) is 7.75. The van der Waals surface area contributed by atoms with Crippen molar-refractivity contribution in [2.45, 2.75) is 25.7 Å². The fourth-order valence-corrected chi connectivity index (χ4v) is 3.90. The zero-order valence-electron chi connectivity index (χ0n) is 15.3. The molecule has 0 spiro atoms. The minimum Gasteiger partial charge on any atom is -0.496 e. The van der Waals surface area contributed by atoms with Crippen LogP contribution >= 0.6 is 22.6 Å². The van der Waals surface area contributed by atoms with Crippen LogP contribution in [-0.4, -0.2) is 36.9 Å². The van der Waals surface area contributed by atoms with Gasteiger partial charge in [-0.2, -0.15) is 0 Å². The van der Waals surface area contributed by atoms with Crippen LogP contribution in [0.25, 0.3) is 0 Å². The fourth-order valence-electron chi connectivity index (χ4n) is 3.16. The maximum atomic E-state index is 12.6. The summed E-state index contributed by atoms with van der Waals surface area (Å²) in [7, 11) is 1.60. The van der Waals surface area contributed by atoms with E-state index < -0.39 is 0 Å². The van der Waals surface area contributed by atoms with Gasteiger partial charge in [0, 0.05) is 29.9 Å². The van der Waals surface area contributed by atoms with Gasteiger partial charge in [-0.1, -0.05) is 12.8 Å². The summed E-state index contributed by atoms with van der Waals surface area (Å²) in [5.41, 5.74) is 1.89. The zero-order valence-corrected chi connectivity index (χ0v) is 17.5. The predicted octanol–water partition coefficient (Wildman–Crippen LogP) is 4.57. The highest BCUT2D eigenvalue weighted by molar-refractivity contribution is 14.1. The van der Waals surface area contributed by atoms with E-state index in [4.69, 9.17) is 4.74 Å². The maximum Gasteiger partial charge on any atom is 0.255 e. The Bertz CT molecular complexity index is 813. The molecule has 2 aromatic rings. The number of hydrogen-bond acceptors (Lipinski definition) is 3. The van der Waals surface area contributed by atoms with Crippen LogP contribution in [-0.2, 0) is 0 Å². The van der Waals surface area contributed by atoms with Crippen molar-refractivity contribution in [1.82, 2.24) is 4.90 Å². The molecule has 3 rings (SSSR count). The molecule has 142 valence electrons. The average molecular weight is 478 g/mol. The monoisotopic (exact) mass is 478 g/mol. The second-order valence-electron chi connectivity index (χ2n) is 6.59. The summed E-state index contributed by atoms with van der Waals surface area (Å²) in [6, 6.07) is 12.4. The largest absolute Gasteiger partial charge is 0.496 e. The molecule has 0 bridgehead atoms. The lowest BCUT2D eigenvalue weighted by atomic mass is 10.1. The number of nitrogens with zero attached hydrogens (tertiary/aromatic N) is 1. The fraction of sp³-hybridized carbons (Fsp3) is 0.333. The highest BCUT2D eigenvalue weighted by atomic mass is 127. The van der Waals surface area contributed by atoms with E-state index in [1.54, 1.807) is 49.6 Å². The molecule has 0 aliphatic carbocycles. The predicted molar refractivity (Wildman–Crippen MR) is 114 cm³/mol. The van der Waals surface area contributed by atoms with Crippen LogP contribution in [0.5, 0.6) is 5.75 Å². The molecule has 1 saturated heterocycles. The normalized spacial score (nSPS) is 14.4. The number of carbonyl (C=O) groups is 2.